The molecule has 0 fully saturated rings. The van der Waals surface area contributed by atoms with E-state index in [0.29, 0.717) is 25.2 Å². The normalized spacial score (nSPS) is 14.4. The van der Waals surface area contributed by atoms with Crippen LogP contribution in [-0.4, -0.2) is 49.3 Å². The molecule has 0 radical (unpaired) electrons. The van der Waals surface area contributed by atoms with Crippen molar-refractivity contribution in [3.05, 3.63) is 22.7 Å². The lowest BCUT2D eigenvalue weighted by atomic mass is 9.99. The maximum absolute atomic E-state index is 13.1. The molecule has 0 saturated heterocycles. The van der Waals surface area contributed by atoms with Crippen molar-refractivity contribution in [1.82, 2.24) is 10.2 Å². The van der Waals surface area contributed by atoms with E-state index >= 15 is 0 Å². The van der Waals surface area contributed by atoms with Gasteiger partial charge in [-0.25, -0.2) is 4.79 Å². The number of anilines is 2. The quantitative estimate of drug-likeness (QED) is 0.228. The van der Waals surface area contributed by atoms with Crippen LogP contribution < -0.4 is 9.62 Å². The number of alkyl halides is 3. The lowest BCUT2D eigenvalue weighted by Crippen LogP contribution is -2.32. The second-order valence-electron chi connectivity index (χ2n) is 8.39. The van der Waals surface area contributed by atoms with Gasteiger partial charge in [-0.2, -0.15) is 21.6 Å². The number of nitrogens with zero attached hydrogens (tertiary/aromatic N) is 5. The lowest BCUT2D eigenvalue weighted by Gasteiger charge is -2.32. The van der Waals surface area contributed by atoms with Crippen LogP contribution in [0.1, 0.15) is 61.8 Å². The van der Waals surface area contributed by atoms with Gasteiger partial charge in [-0.1, -0.05) is 31.1 Å². The molecule has 1 N–H and O–H groups in total. The zero-order valence-corrected chi connectivity index (χ0v) is 21.6. The van der Waals surface area contributed by atoms with E-state index in [2.05, 4.69) is 27.3 Å². The Morgan fingerprint density at radius 1 is 1.25 bits per heavy atom. The molecule has 15 heteroatoms. The number of fused-ring (bicyclic) bond motifs is 1. The first kappa shape index (κ1) is 27.8. The third-order valence-corrected chi connectivity index (χ3v) is 7.05. The molecule has 198 valence electrons. The number of halogens is 3. The molecule has 2 aromatic rings. The van der Waals surface area contributed by atoms with Gasteiger partial charge in [0.25, 0.3) is 5.13 Å². The largest absolute Gasteiger partial charge is 0.516 e. The van der Waals surface area contributed by atoms with Crippen molar-refractivity contribution in [2.45, 2.75) is 64.5 Å². The summed E-state index contributed by atoms with van der Waals surface area (Å²) in [5.41, 5.74) is -4.51. The van der Waals surface area contributed by atoms with E-state index in [1.54, 1.807) is 18.6 Å². The number of esters is 1. The van der Waals surface area contributed by atoms with Gasteiger partial charge in [-0.15, -0.1) is 20.4 Å². The second-order valence-corrected chi connectivity index (χ2v) is 11.0. The Hall–Kier alpha value is -2.81. The molecule has 0 bridgehead atoms. The van der Waals surface area contributed by atoms with Crippen molar-refractivity contribution in [2.24, 2.45) is 10.2 Å². The van der Waals surface area contributed by atoms with Gasteiger partial charge >= 0.3 is 21.5 Å². The molecular formula is C21H27F3N6O4S2. The van der Waals surface area contributed by atoms with Crippen molar-refractivity contribution in [3.8, 4) is 0 Å². The first-order valence-corrected chi connectivity index (χ1v) is 13.7. The van der Waals surface area contributed by atoms with Gasteiger partial charge in [0.15, 0.2) is 0 Å². The summed E-state index contributed by atoms with van der Waals surface area (Å²) in [6, 6.07) is 2.89. The minimum absolute atomic E-state index is 0.0470. The number of aryl methyl sites for hydroxylation is 1. The van der Waals surface area contributed by atoms with E-state index in [1.165, 1.54) is 12.1 Å². The molecule has 36 heavy (non-hydrogen) atoms. The summed E-state index contributed by atoms with van der Waals surface area (Å²) in [6.45, 7) is 6.82. The molecule has 0 unspecified atom stereocenters. The SMILES string of the molecule is CCCCCN1CCCc2cc(N=Nc3nnc(C(=O)OC(C)C)s3)c(NS(=O)(=O)C(F)(F)F)cc21. The number of carbonyl (C=O) groups is 1. The van der Waals surface area contributed by atoms with Crippen LogP contribution in [0.5, 0.6) is 0 Å². The number of rotatable bonds is 10. The van der Waals surface area contributed by atoms with Crippen LogP contribution in [0.3, 0.4) is 0 Å². The number of carbonyl (C=O) groups excluding carboxylic acids is 1. The number of azo groups is 1. The Labute approximate surface area is 211 Å². The summed E-state index contributed by atoms with van der Waals surface area (Å²) in [6.07, 6.45) is 4.03. The van der Waals surface area contributed by atoms with E-state index in [-0.39, 0.29) is 27.6 Å². The molecule has 0 amide bonds. The van der Waals surface area contributed by atoms with Gasteiger partial charge in [-0.3, -0.25) is 4.72 Å². The van der Waals surface area contributed by atoms with E-state index in [4.69, 9.17) is 4.74 Å². The second kappa shape index (κ2) is 11.5. The summed E-state index contributed by atoms with van der Waals surface area (Å²) < 4.78 is 69.8. The number of hydrogen-bond acceptors (Lipinski definition) is 10. The lowest BCUT2D eigenvalue weighted by molar-refractivity contribution is -0.0429. The van der Waals surface area contributed by atoms with E-state index in [1.807, 2.05) is 4.90 Å². The third kappa shape index (κ3) is 6.90. The molecule has 2 heterocycles. The Kier molecular flexibility index (Phi) is 8.87. The van der Waals surface area contributed by atoms with Crippen molar-refractivity contribution in [1.29, 1.82) is 0 Å². The highest BCUT2D eigenvalue weighted by Gasteiger charge is 2.46. The zero-order valence-electron chi connectivity index (χ0n) is 20.0. The Morgan fingerprint density at radius 2 is 2.00 bits per heavy atom. The topological polar surface area (TPSA) is 126 Å². The van der Waals surface area contributed by atoms with Crippen LogP contribution in [0, 0.1) is 0 Å². The average Bonchev–Trinajstić information content (AvgIpc) is 3.26. The molecule has 10 nitrogen and oxygen atoms in total. The Balaban J connectivity index is 1.96. The Morgan fingerprint density at radius 3 is 2.67 bits per heavy atom. The highest BCUT2D eigenvalue weighted by molar-refractivity contribution is 7.93. The molecule has 3 rings (SSSR count). The standard InChI is InChI=1S/C21H27F3N6O4S2/c1-4-5-6-9-30-10-7-8-14-11-15(16(12-17(14)30)29-36(32,33)21(22,23)24)25-27-20-28-26-18(35-20)19(31)34-13(2)3/h11-13,29H,4-10H2,1-3H3. The molecule has 1 aliphatic heterocycles. The monoisotopic (exact) mass is 548 g/mol. The van der Waals surface area contributed by atoms with E-state index < -0.39 is 21.5 Å². The molecule has 1 aromatic heterocycles. The maximum atomic E-state index is 13.1. The number of sulfonamides is 1. The average molecular weight is 549 g/mol. The molecule has 0 atom stereocenters. The predicted molar refractivity (Wildman–Crippen MR) is 130 cm³/mol. The maximum Gasteiger partial charge on any atom is 0.516 e. The number of aromatic nitrogens is 2. The Bertz CT molecular complexity index is 1210. The molecule has 0 saturated carbocycles. The number of nitrogens with one attached hydrogen (secondary N) is 1. The molecular weight excluding hydrogens is 521 g/mol. The van der Waals surface area contributed by atoms with Gasteiger partial charge in [0.1, 0.15) is 5.69 Å². The number of benzene rings is 1. The van der Waals surface area contributed by atoms with Crippen LogP contribution >= 0.6 is 11.3 Å². The molecule has 1 aliphatic rings. The van der Waals surface area contributed by atoms with Crippen LogP contribution in [0.4, 0.5) is 35.4 Å². The van der Waals surface area contributed by atoms with E-state index in [0.717, 1.165) is 42.6 Å². The number of hydrogen-bond donors (Lipinski definition) is 1. The van der Waals surface area contributed by atoms with Gasteiger partial charge in [-0.05, 0) is 50.8 Å². The predicted octanol–water partition coefficient (Wildman–Crippen LogP) is 5.72. The molecule has 1 aromatic carbocycles. The highest BCUT2D eigenvalue weighted by Crippen LogP contribution is 2.39. The van der Waals surface area contributed by atoms with Crippen LogP contribution in [-0.2, 0) is 21.2 Å². The molecule has 0 spiro atoms. The summed E-state index contributed by atoms with van der Waals surface area (Å²) in [4.78, 5) is 14.0. The summed E-state index contributed by atoms with van der Waals surface area (Å²) in [7, 11) is -5.70. The first-order chi connectivity index (χ1) is 16.9. The fourth-order valence-electron chi connectivity index (χ4n) is 3.55. The van der Waals surface area contributed by atoms with Crippen LogP contribution in [0.25, 0.3) is 0 Å². The van der Waals surface area contributed by atoms with Gasteiger partial charge in [0, 0.05) is 18.8 Å². The van der Waals surface area contributed by atoms with Crippen molar-refractivity contribution in [3.63, 3.8) is 0 Å². The van der Waals surface area contributed by atoms with Crippen molar-refractivity contribution in [2.75, 3.05) is 22.7 Å². The highest BCUT2D eigenvalue weighted by atomic mass is 32.2. The molecule has 0 aliphatic carbocycles. The summed E-state index contributed by atoms with van der Waals surface area (Å²) in [5, 5.41) is 15.1. The van der Waals surface area contributed by atoms with Crippen LogP contribution in [0.15, 0.2) is 22.4 Å². The van der Waals surface area contributed by atoms with Gasteiger partial charge in [0.2, 0.25) is 5.01 Å². The smallest absolute Gasteiger partial charge is 0.458 e. The summed E-state index contributed by atoms with van der Waals surface area (Å²) >= 11 is 0.782. The summed E-state index contributed by atoms with van der Waals surface area (Å²) in [5.74, 6) is -0.695. The minimum Gasteiger partial charge on any atom is -0.458 e. The van der Waals surface area contributed by atoms with Gasteiger partial charge < -0.3 is 9.64 Å². The van der Waals surface area contributed by atoms with E-state index in [9.17, 15) is 26.4 Å². The fourth-order valence-corrected chi connectivity index (χ4v) is 4.67. The van der Waals surface area contributed by atoms with Gasteiger partial charge in [0.05, 0.1) is 11.8 Å². The van der Waals surface area contributed by atoms with Crippen molar-refractivity contribution >= 4 is 49.5 Å². The fraction of sp³-hybridized carbons (Fsp3) is 0.571. The van der Waals surface area contributed by atoms with Crippen LogP contribution in [0.2, 0.25) is 0 Å². The third-order valence-electron chi connectivity index (χ3n) is 5.17. The first-order valence-electron chi connectivity index (χ1n) is 11.4. The minimum atomic E-state index is -5.70. The van der Waals surface area contributed by atoms with Crippen molar-refractivity contribution < 1.29 is 31.1 Å². The zero-order chi connectivity index (χ0) is 26.5. The number of ether oxygens (including phenoxy) is 1. The number of unbranched alkanes of at least 4 members (excludes halogenated alkanes) is 2.